The summed E-state index contributed by atoms with van der Waals surface area (Å²) in [5, 5.41) is 6.51. The number of nitrogens with one attached hydrogen (secondary N) is 1. The van der Waals surface area contributed by atoms with Crippen molar-refractivity contribution in [1.82, 2.24) is 10.3 Å². The van der Waals surface area contributed by atoms with Gasteiger partial charge < -0.3 is 10.1 Å². The van der Waals surface area contributed by atoms with Crippen molar-refractivity contribution in [3.8, 4) is 11.3 Å². The first-order valence-corrected chi connectivity index (χ1v) is 8.39. The van der Waals surface area contributed by atoms with E-state index >= 15 is 0 Å². The van der Waals surface area contributed by atoms with E-state index in [1.807, 2.05) is 0 Å². The Labute approximate surface area is 121 Å². The summed E-state index contributed by atoms with van der Waals surface area (Å²) >= 11 is 3.43. The highest BCUT2D eigenvalue weighted by atomic mass is 32.2. The lowest BCUT2D eigenvalue weighted by molar-refractivity contribution is 0.0276. The van der Waals surface area contributed by atoms with E-state index < -0.39 is 0 Å². The number of thioether (sulfide) groups is 1. The zero-order chi connectivity index (χ0) is 13.1. The Hall–Kier alpha value is -0.880. The van der Waals surface area contributed by atoms with Crippen LogP contribution >= 0.6 is 23.1 Å². The van der Waals surface area contributed by atoms with Gasteiger partial charge in [0.25, 0.3) is 0 Å². The van der Waals surface area contributed by atoms with E-state index in [-0.39, 0.29) is 6.10 Å². The second kappa shape index (κ2) is 6.05. The molecule has 0 bridgehead atoms. The van der Waals surface area contributed by atoms with E-state index in [2.05, 4.69) is 41.2 Å². The lowest BCUT2D eigenvalue weighted by atomic mass is 10.2. The molecule has 19 heavy (non-hydrogen) atoms. The summed E-state index contributed by atoms with van der Waals surface area (Å²) < 4.78 is 5.73. The molecule has 100 valence electrons. The number of hydrogen-bond donors (Lipinski definition) is 1. The third-order valence-electron chi connectivity index (χ3n) is 3.11. The molecular weight excluding hydrogens is 276 g/mol. The first-order valence-electron chi connectivity index (χ1n) is 6.29. The standard InChI is InChI=1S/C14H16N2OS2/c1-18-11-4-2-10(3-5-11)12-9-19-14(16-12)13-8-15-6-7-17-13/h2-5,9,13,15H,6-8H2,1H3. The van der Waals surface area contributed by atoms with Crippen molar-refractivity contribution in [2.75, 3.05) is 26.0 Å². The first-order chi connectivity index (χ1) is 9.36. The van der Waals surface area contributed by atoms with Gasteiger partial charge in [0.1, 0.15) is 11.1 Å². The van der Waals surface area contributed by atoms with Gasteiger partial charge in [-0.3, -0.25) is 0 Å². The molecule has 1 fully saturated rings. The van der Waals surface area contributed by atoms with E-state index in [4.69, 9.17) is 9.72 Å². The van der Waals surface area contributed by atoms with E-state index in [9.17, 15) is 0 Å². The second-order valence-corrected chi connectivity index (χ2v) is 6.13. The molecule has 0 saturated carbocycles. The summed E-state index contributed by atoms with van der Waals surface area (Å²) in [6, 6.07) is 8.53. The van der Waals surface area contributed by atoms with Crippen LogP contribution in [0, 0.1) is 0 Å². The molecular formula is C14H16N2OS2. The topological polar surface area (TPSA) is 34.1 Å². The van der Waals surface area contributed by atoms with Crippen LogP contribution in [0.3, 0.4) is 0 Å². The van der Waals surface area contributed by atoms with Gasteiger partial charge in [-0.05, 0) is 18.4 Å². The Kier molecular flexibility index (Phi) is 4.18. The predicted molar refractivity (Wildman–Crippen MR) is 80.9 cm³/mol. The van der Waals surface area contributed by atoms with Crippen molar-refractivity contribution >= 4 is 23.1 Å². The molecule has 2 aromatic rings. The Morgan fingerprint density at radius 1 is 1.37 bits per heavy atom. The molecule has 3 nitrogen and oxygen atoms in total. The van der Waals surface area contributed by atoms with E-state index in [0.717, 1.165) is 30.4 Å². The zero-order valence-corrected chi connectivity index (χ0v) is 12.4. The van der Waals surface area contributed by atoms with Gasteiger partial charge in [-0.25, -0.2) is 4.98 Å². The maximum Gasteiger partial charge on any atom is 0.124 e. The highest BCUT2D eigenvalue weighted by Crippen LogP contribution is 2.28. The van der Waals surface area contributed by atoms with E-state index in [1.165, 1.54) is 10.5 Å². The van der Waals surface area contributed by atoms with Gasteiger partial charge in [-0.15, -0.1) is 23.1 Å². The Bertz CT molecular complexity index is 533. The molecule has 3 rings (SSSR count). The maximum atomic E-state index is 5.73. The normalized spacial score (nSPS) is 19.5. The minimum Gasteiger partial charge on any atom is -0.368 e. The highest BCUT2D eigenvalue weighted by Gasteiger charge is 2.19. The number of hydrogen-bond acceptors (Lipinski definition) is 5. The van der Waals surface area contributed by atoms with Crippen molar-refractivity contribution in [2.45, 2.75) is 11.0 Å². The molecule has 1 N–H and O–H groups in total. The molecule has 0 radical (unpaired) electrons. The number of rotatable bonds is 3. The Morgan fingerprint density at radius 2 is 2.21 bits per heavy atom. The number of aromatic nitrogens is 1. The van der Waals surface area contributed by atoms with Crippen LogP contribution in [-0.4, -0.2) is 30.9 Å². The summed E-state index contributed by atoms with van der Waals surface area (Å²) in [6.07, 6.45) is 2.20. The summed E-state index contributed by atoms with van der Waals surface area (Å²) in [4.78, 5) is 5.98. The minimum absolute atomic E-state index is 0.109. The van der Waals surface area contributed by atoms with Crippen LogP contribution in [0.5, 0.6) is 0 Å². The monoisotopic (exact) mass is 292 g/mol. The Morgan fingerprint density at radius 3 is 2.89 bits per heavy atom. The van der Waals surface area contributed by atoms with Gasteiger partial charge >= 0.3 is 0 Å². The molecule has 1 aliphatic heterocycles. The molecule has 5 heteroatoms. The maximum absolute atomic E-state index is 5.73. The predicted octanol–water partition coefficient (Wildman–Crippen LogP) is 3.19. The van der Waals surface area contributed by atoms with E-state index in [0.29, 0.717) is 0 Å². The Balaban J connectivity index is 1.79. The molecule has 1 saturated heterocycles. The SMILES string of the molecule is CSc1ccc(-c2csc(C3CNCCO3)n2)cc1. The van der Waals surface area contributed by atoms with Crippen molar-refractivity contribution in [3.05, 3.63) is 34.7 Å². The van der Waals surface area contributed by atoms with Crippen molar-refractivity contribution in [1.29, 1.82) is 0 Å². The summed E-state index contributed by atoms with van der Waals surface area (Å²) in [7, 11) is 0. The number of benzene rings is 1. The van der Waals surface area contributed by atoms with Crippen LogP contribution in [0.25, 0.3) is 11.3 Å². The molecule has 2 heterocycles. The summed E-state index contributed by atoms with van der Waals surface area (Å²) in [5.74, 6) is 0. The molecule has 1 aromatic carbocycles. The average molecular weight is 292 g/mol. The third-order valence-corrected chi connectivity index (χ3v) is 4.79. The van der Waals surface area contributed by atoms with Gasteiger partial charge in [-0.2, -0.15) is 0 Å². The van der Waals surface area contributed by atoms with Crippen LogP contribution in [0.4, 0.5) is 0 Å². The quantitative estimate of drug-likeness (QED) is 0.881. The minimum atomic E-state index is 0.109. The van der Waals surface area contributed by atoms with Gasteiger partial charge in [0.15, 0.2) is 0 Å². The molecule has 0 amide bonds. The molecule has 1 aromatic heterocycles. The summed E-state index contributed by atoms with van der Waals surface area (Å²) in [5.41, 5.74) is 2.21. The first kappa shape index (κ1) is 13.1. The van der Waals surface area contributed by atoms with Crippen LogP contribution in [0.1, 0.15) is 11.1 Å². The number of nitrogens with zero attached hydrogens (tertiary/aromatic N) is 1. The van der Waals surface area contributed by atoms with Gasteiger partial charge in [0.05, 0.1) is 12.3 Å². The smallest absolute Gasteiger partial charge is 0.124 e. The van der Waals surface area contributed by atoms with Crippen molar-refractivity contribution in [2.24, 2.45) is 0 Å². The van der Waals surface area contributed by atoms with Crippen LogP contribution in [0.15, 0.2) is 34.5 Å². The molecule has 0 aliphatic carbocycles. The lowest BCUT2D eigenvalue weighted by Gasteiger charge is -2.21. The van der Waals surface area contributed by atoms with Gasteiger partial charge in [0, 0.05) is 28.9 Å². The molecule has 1 aliphatic rings. The van der Waals surface area contributed by atoms with Gasteiger partial charge in [0.2, 0.25) is 0 Å². The van der Waals surface area contributed by atoms with Crippen molar-refractivity contribution < 1.29 is 4.74 Å². The summed E-state index contributed by atoms with van der Waals surface area (Å²) in [6.45, 7) is 2.56. The fourth-order valence-electron chi connectivity index (χ4n) is 2.05. The fraction of sp³-hybridized carbons (Fsp3) is 0.357. The average Bonchev–Trinajstić information content (AvgIpc) is 2.98. The zero-order valence-electron chi connectivity index (χ0n) is 10.8. The second-order valence-electron chi connectivity index (χ2n) is 4.36. The van der Waals surface area contributed by atoms with Crippen LogP contribution in [-0.2, 0) is 4.74 Å². The highest BCUT2D eigenvalue weighted by molar-refractivity contribution is 7.98. The third kappa shape index (κ3) is 3.00. The van der Waals surface area contributed by atoms with Crippen LogP contribution in [0.2, 0.25) is 0 Å². The molecule has 0 spiro atoms. The fourth-order valence-corrected chi connectivity index (χ4v) is 3.34. The van der Waals surface area contributed by atoms with Crippen LogP contribution < -0.4 is 5.32 Å². The lowest BCUT2D eigenvalue weighted by Crippen LogP contribution is -2.33. The molecule has 1 atom stereocenters. The number of morpholine rings is 1. The van der Waals surface area contributed by atoms with Gasteiger partial charge in [-0.1, -0.05) is 12.1 Å². The molecule has 1 unspecified atom stereocenters. The largest absolute Gasteiger partial charge is 0.368 e. The van der Waals surface area contributed by atoms with Crippen molar-refractivity contribution in [3.63, 3.8) is 0 Å². The number of thiazole rings is 1. The van der Waals surface area contributed by atoms with E-state index in [1.54, 1.807) is 23.1 Å². The number of ether oxygens (including phenoxy) is 1.